The Morgan fingerprint density at radius 3 is 2.80 bits per heavy atom. The second-order valence-corrected chi connectivity index (χ2v) is 7.08. The molecule has 0 saturated heterocycles. The summed E-state index contributed by atoms with van der Waals surface area (Å²) in [5, 5.41) is 11.6. The van der Waals surface area contributed by atoms with Crippen LogP contribution in [0.3, 0.4) is 0 Å². The smallest absolute Gasteiger partial charge is 0.326 e. The van der Waals surface area contributed by atoms with Crippen LogP contribution in [0.15, 0.2) is 12.1 Å². The van der Waals surface area contributed by atoms with Crippen molar-refractivity contribution in [2.24, 2.45) is 0 Å². The van der Waals surface area contributed by atoms with E-state index in [1.165, 1.54) is 23.1 Å². The number of halogens is 1. The fourth-order valence-electron chi connectivity index (χ4n) is 1.58. The first-order chi connectivity index (χ1) is 9.52. The fourth-order valence-corrected chi connectivity index (χ4v) is 3.61. The maximum atomic E-state index is 11.7. The zero-order valence-corrected chi connectivity index (χ0v) is 13.6. The van der Waals surface area contributed by atoms with Crippen molar-refractivity contribution < 1.29 is 14.7 Å². The quantitative estimate of drug-likeness (QED) is 0.726. The average Bonchev–Trinajstić information content (AvgIpc) is 2.80. The summed E-state index contributed by atoms with van der Waals surface area (Å²) in [5.41, 5.74) is 0. The molecule has 0 radical (unpaired) electrons. The monoisotopic (exact) mass is 335 g/mol. The molecule has 0 saturated carbocycles. The molecule has 0 fully saturated rings. The molecule has 0 bridgehead atoms. The van der Waals surface area contributed by atoms with Crippen molar-refractivity contribution >= 4 is 46.6 Å². The molecule has 1 rings (SSSR count). The SMILES string of the molecule is CCCCC(NC(=O)CSCc1ccc(Cl)s1)C(=O)O. The third-order valence-electron chi connectivity index (χ3n) is 2.59. The molecule has 7 heteroatoms. The van der Waals surface area contributed by atoms with Crippen LogP contribution in [0.1, 0.15) is 31.1 Å². The van der Waals surface area contributed by atoms with E-state index in [9.17, 15) is 9.59 Å². The van der Waals surface area contributed by atoms with Gasteiger partial charge >= 0.3 is 5.97 Å². The molecule has 1 heterocycles. The van der Waals surface area contributed by atoms with Gasteiger partial charge in [0, 0.05) is 10.6 Å². The number of hydrogen-bond donors (Lipinski definition) is 2. The number of unbranched alkanes of at least 4 members (excludes halogenated alkanes) is 1. The van der Waals surface area contributed by atoms with Gasteiger partial charge in [0.05, 0.1) is 10.1 Å². The topological polar surface area (TPSA) is 66.4 Å². The first kappa shape index (κ1) is 17.3. The number of aliphatic carboxylic acids is 1. The van der Waals surface area contributed by atoms with Crippen LogP contribution >= 0.6 is 34.7 Å². The van der Waals surface area contributed by atoms with Gasteiger partial charge in [-0.15, -0.1) is 23.1 Å². The molecule has 0 aliphatic carbocycles. The Morgan fingerprint density at radius 2 is 2.25 bits per heavy atom. The van der Waals surface area contributed by atoms with Crippen molar-refractivity contribution in [2.45, 2.75) is 38.0 Å². The van der Waals surface area contributed by atoms with Crippen molar-refractivity contribution in [2.75, 3.05) is 5.75 Å². The zero-order valence-electron chi connectivity index (χ0n) is 11.2. The lowest BCUT2D eigenvalue weighted by atomic mass is 10.1. The Bertz CT molecular complexity index is 451. The minimum Gasteiger partial charge on any atom is -0.480 e. The van der Waals surface area contributed by atoms with Crippen LogP contribution in [-0.4, -0.2) is 28.8 Å². The van der Waals surface area contributed by atoms with Gasteiger partial charge in [-0.2, -0.15) is 0 Å². The third-order valence-corrected chi connectivity index (χ3v) is 4.98. The van der Waals surface area contributed by atoms with Gasteiger partial charge in [0.15, 0.2) is 0 Å². The molecule has 1 atom stereocenters. The highest BCUT2D eigenvalue weighted by molar-refractivity contribution is 7.99. The molecule has 4 nitrogen and oxygen atoms in total. The lowest BCUT2D eigenvalue weighted by Gasteiger charge is -2.13. The number of amides is 1. The van der Waals surface area contributed by atoms with Crippen molar-refractivity contribution in [1.82, 2.24) is 5.32 Å². The van der Waals surface area contributed by atoms with Crippen LogP contribution in [0, 0.1) is 0 Å². The van der Waals surface area contributed by atoms with Gasteiger partial charge in [0.25, 0.3) is 0 Å². The number of thiophene rings is 1. The number of nitrogens with one attached hydrogen (secondary N) is 1. The fraction of sp³-hybridized carbons (Fsp3) is 0.538. The van der Waals surface area contributed by atoms with Gasteiger partial charge in [-0.1, -0.05) is 31.4 Å². The van der Waals surface area contributed by atoms with Crippen LogP contribution in [0.4, 0.5) is 0 Å². The predicted molar refractivity (Wildman–Crippen MR) is 84.6 cm³/mol. The molecule has 0 aromatic carbocycles. The van der Waals surface area contributed by atoms with E-state index in [0.29, 0.717) is 12.2 Å². The molecular formula is C13H18ClNO3S2. The number of hydrogen-bond acceptors (Lipinski definition) is 4. The number of rotatable bonds is 9. The van der Waals surface area contributed by atoms with Gasteiger partial charge in [-0.25, -0.2) is 4.79 Å². The van der Waals surface area contributed by atoms with Gasteiger partial charge in [0.1, 0.15) is 6.04 Å². The molecular weight excluding hydrogens is 318 g/mol. The second kappa shape index (κ2) is 9.26. The lowest BCUT2D eigenvalue weighted by Crippen LogP contribution is -2.41. The molecule has 112 valence electrons. The molecule has 1 unspecified atom stereocenters. The van der Waals surface area contributed by atoms with Gasteiger partial charge in [0.2, 0.25) is 5.91 Å². The molecule has 2 N–H and O–H groups in total. The van der Waals surface area contributed by atoms with Crippen molar-refractivity contribution in [3.63, 3.8) is 0 Å². The predicted octanol–water partition coefficient (Wildman–Crippen LogP) is 3.39. The largest absolute Gasteiger partial charge is 0.480 e. The van der Waals surface area contributed by atoms with Crippen LogP contribution in [0.2, 0.25) is 4.34 Å². The molecule has 1 aromatic rings. The molecule has 20 heavy (non-hydrogen) atoms. The maximum Gasteiger partial charge on any atom is 0.326 e. The summed E-state index contributed by atoms with van der Waals surface area (Å²) in [5.74, 6) is -0.244. The van der Waals surface area contributed by atoms with E-state index in [1.807, 2.05) is 19.1 Å². The lowest BCUT2D eigenvalue weighted by molar-refractivity contribution is -0.141. The van der Waals surface area contributed by atoms with Crippen LogP contribution < -0.4 is 5.32 Å². The average molecular weight is 336 g/mol. The highest BCUT2D eigenvalue weighted by Gasteiger charge is 2.18. The normalized spacial score (nSPS) is 12.1. The first-order valence-electron chi connectivity index (χ1n) is 6.37. The maximum absolute atomic E-state index is 11.7. The van der Waals surface area contributed by atoms with E-state index in [4.69, 9.17) is 16.7 Å². The van der Waals surface area contributed by atoms with Crippen LogP contribution in [-0.2, 0) is 15.3 Å². The molecule has 0 aliphatic heterocycles. The summed E-state index contributed by atoms with van der Waals surface area (Å²) in [7, 11) is 0. The number of carbonyl (C=O) groups is 2. The van der Waals surface area contributed by atoms with Crippen molar-refractivity contribution in [3.05, 3.63) is 21.3 Å². The van der Waals surface area contributed by atoms with E-state index < -0.39 is 12.0 Å². The van der Waals surface area contributed by atoms with E-state index in [2.05, 4.69) is 5.32 Å². The summed E-state index contributed by atoms with van der Waals surface area (Å²) in [6, 6.07) is 2.98. The zero-order chi connectivity index (χ0) is 15.0. The van der Waals surface area contributed by atoms with Gasteiger partial charge in [-0.05, 0) is 18.6 Å². The van der Waals surface area contributed by atoms with E-state index in [1.54, 1.807) is 0 Å². The van der Waals surface area contributed by atoms with Gasteiger partial charge < -0.3 is 10.4 Å². The van der Waals surface area contributed by atoms with Crippen molar-refractivity contribution in [3.8, 4) is 0 Å². The number of thioether (sulfide) groups is 1. The van der Waals surface area contributed by atoms with Crippen molar-refractivity contribution in [1.29, 1.82) is 0 Å². The molecule has 0 spiro atoms. The Balaban J connectivity index is 2.28. The summed E-state index contributed by atoms with van der Waals surface area (Å²) in [6.45, 7) is 1.99. The minimum absolute atomic E-state index is 0.235. The number of carbonyl (C=O) groups excluding carboxylic acids is 1. The van der Waals surface area contributed by atoms with Crippen LogP contribution in [0.25, 0.3) is 0 Å². The third kappa shape index (κ3) is 6.63. The van der Waals surface area contributed by atoms with E-state index in [0.717, 1.165) is 22.1 Å². The Labute approximate surface area is 131 Å². The Hall–Kier alpha value is -0.720. The van der Waals surface area contributed by atoms with E-state index >= 15 is 0 Å². The highest BCUT2D eigenvalue weighted by atomic mass is 35.5. The first-order valence-corrected chi connectivity index (χ1v) is 8.72. The molecule has 1 amide bonds. The minimum atomic E-state index is -0.971. The summed E-state index contributed by atoms with van der Waals surface area (Å²) < 4.78 is 0.732. The van der Waals surface area contributed by atoms with E-state index in [-0.39, 0.29) is 11.7 Å². The second-order valence-electron chi connectivity index (χ2n) is 4.30. The Morgan fingerprint density at radius 1 is 1.50 bits per heavy atom. The Kier molecular flexibility index (Phi) is 8.02. The van der Waals surface area contributed by atoms with Crippen LogP contribution in [0.5, 0.6) is 0 Å². The highest BCUT2D eigenvalue weighted by Crippen LogP contribution is 2.24. The molecule has 0 aliphatic rings. The number of carboxylic acids is 1. The number of carboxylic acid groups (broad SMARTS) is 1. The van der Waals surface area contributed by atoms with Gasteiger partial charge in [-0.3, -0.25) is 4.79 Å². The molecule has 1 aromatic heterocycles. The summed E-state index contributed by atoms with van der Waals surface area (Å²) >= 11 is 8.76. The standard InChI is InChI=1S/C13H18ClNO3S2/c1-2-3-4-10(13(17)18)15-12(16)8-19-7-9-5-6-11(14)20-9/h5-6,10H,2-4,7-8H2,1H3,(H,15,16)(H,17,18). The summed E-state index contributed by atoms with van der Waals surface area (Å²) in [6.07, 6.45) is 2.17. The summed E-state index contributed by atoms with van der Waals surface area (Å²) in [4.78, 5) is 23.8.